The predicted molar refractivity (Wildman–Crippen MR) is 50.5 cm³/mol. The van der Waals surface area contributed by atoms with E-state index in [4.69, 9.17) is 10.8 Å². The maximum absolute atomic E-state index is 10.8. The van der Waals surface area contributed by atoms with Crippen molar-refractivity contribution >= 4 is 5.97 Å². The lowest BCUT2D eigenvalue weighted by Crippen LogP contribution is -2.38. The molecule has 1 fully saturated rings. The number of rotatable bonds is 7. The highest BCUT2D eigenvalue weighted by Crippen LogP contribution is 2.20. The minimum absolute atomic E-state index is 0.362. The molecule has 1 atom stereocenters. The zero-order valence-corrected chi connectivity index (χ0v) is 7.83. The van der Waals surface area contributed by atoms with Crippen molar-refractivity contribution < 1.29 is 9.90 Å². The summed E-state index contributed by atoms with van der Waals surface area (Å²) in [6, 6.07) is 0.0954. The van der Waals surface area contributed by atoms with Crippen LogP contribution >= 0.6 is 0 Å². The Morgan fingerprint density at radius 3 is 2.69 bits per heavy atom. The minimum atomic E-state index is -0.732. The van der Waals surface area contributed by atoms with Crippen molar-refractivity contribution in [1.29, 1.82) is 0 Å². The summed E-state index contributed by atoms with van der Waals surface area (Å²) in [4.78, 5) is 10.8. The molecule has 0 aromatic heterocycles. The molecule has 0 aliphatic heterocycles. The number of aliphatic carboxylic acids is 1. The summed E-state index contributed by atoms with van der Waals surface area (Å²) in [5, 5.41) is 12.0. The summed E-state index contributed by atoms with van der Waals surface area (Å²) >= 11 is 0. The largest absolute Gasteiger partial charge is 0.480 e. The standard InChI is InChI=1S/C9H18N2O2/c10-6-2-1-3-8(9(12)13)11-7-4-5-7/h7-8,11H,1-6,10H2,(H,12,13)/t8-/m0/s1. The summed E-state index contributed by atoms with van der Waals surface area (Å²) in [5.41, 5.74) is 5.34. The van der Waals surface area contributed by atoms with Crippen LogP contribution in [0.5, 0.6) is 0 Å². The van der Waals surface area contributed by atoms with E-state index in [1.807, 2.05) is 0 Å². The molecule has 76 valence electrons. The third kappa shape index (κ3) is 4.24. The first-order chi connectivity index (χ1) is 6.24. The van der Waals surface area contributed by atoms with Crippen molar-refractivity contribution in [3.05, 3.63) is 0 Å². The molecule has 0 unspecified atom stereocenters. The Labute approximate surface area is 78.5 Å². The maximum atomic E-state index is 10.8. The topological polar surface area (TPSA) is 75.3 Å². The minimum Gasteiger partial charge on any atom is -0.480 e. The molecule has 0 amide bonds. The van der Waals surface area contributed by atoms with Crippen LogP contribution in [-0.2, 0) is 4.79 Å². The van der Waals surface area contributed by atoms with E-state index < -0.39 is 5.97 Å². The molecular formula is C9H18N2O2. The van der Waals surface area contributed by atoms with E-state index >= 15 is 0 Å². The lowest BCUT2D eigenvalue weighted by molar-refractivity contribution is -0.139. The molecule has 1 rings (SSSR count). The summed E-state index contributed by atoms with van der Waals surface area (Å²) in [6.07, 6.45) is 4.76. The van der Waals surface area contributed by atoms with Gasteiger partial charge >= 0.3 is 5.97 Å². The van der Waals surface area contributed by atoms with Gasteiger partial charge in [-0.05, 0) is 32.2 Å². The number of carboxylic acid groups (broad SMARTS) is 1. The normalized spacial score (nSPS) is 18.5. The van der Waals surface area contributed by atoms with E-state index in [-0.39, 0.29) is 6.04 Å². The Morgan fingerprint density at radius 2 is 2.23 bits per heavy atom. The number of carbonyl (C=O) groups is 1. The van der Waals surface area contributed by atoms with E-state index in [0.717, 1.165) is 25.7 Å². The van der Waals surface area contributed by atoms with Gasteiger partial charge in [-0.2, -0.15) is 0 Å². The van der Waals surface area contributed by atoms with Gasteiger partial charge in [0.2, 0.25) is 0 Å². The van der Waals surface area contributed by atoms with E-state index in [9.17, 15) is 4.79 Å². The zero-order valence-electron chi connectivity index (χ0n) is 7.83. The third-order valence-corrected chi connectivity index (χ3v) is 2.26. The molecule has 0 bridgehead atoms. The van der Waals surface area contributed by atoms with Crippen LogP contribution in [-0.4, -0.2) is 29.7 Å². The molecule has 0 aromatic rings. The lowest BCUT2D eigenvalue weighted by Gasteiger charge is -2.12. The Balaban J connectivity index is 2.16. The van der Waals surface area contributed by atoms with Gasteiger partial charge in [0.05, 0.1) is 0 Å². The van der Waals surface area contributed by atoms with Gasteiger partial charge in [-0.25, -0.2) is 0 Å². The molecule has 4 nitrogen and oxygen atoms in total. The van der Waals surface area contributed by atoms with Gasteiger partial charge in [0.1, 0.15) is 6.04 Å². The molecule has 1 aliphatic carbocycles. The third-order valence-electron chi connectivity index (χ3n) is 2.26. The molecule has 13 heavy (non-hydrogen) atoms. The van der Waals surface area contributed by atoms with Gasteiger partial charge in [0.25, 0.3) is 0 Å². The van der Waals surface area contributed by atoms with Crippen LogP contribution in [0.25, 0.3) is 0 Å². The zero-order chi connectivity index (χ0) is 9.68. The van der Waals surface area contributed by atoms with Gasteiger partial charge in [-0.3, -0.25) is 4.79 Å². The fourth-order valence-corrected chi connectivity index (χ4v) is 1.31. The van der Waals surface area contributed by atoms with Gasteiger partial charge in [-0.15, -0.1) is 0 Å². The molecule has 0 saturated heterocycles. The molecule has 1 saturated carbocycles. The summed E-state index contributed by atoms with van der Waals surface area (Å²) in [5.74, 6) is -0.732. The molecule has 4 N–H and O–H groups in total. The summed E-state index contributed by atoms with van der Waals surface area (Å²) < 4.78 is 0. The van der Waals surface area contributed by atoms with Gasteiger partial charge in [0.15, 0.2) is 0 Å². The van der Waals surface area contributed by atoms with Gasteiger partial charge < -0.3 is 16.2 Å². The van der Waals surface area contributed by atoms with Crippen LogP contribution in [0.15, 0.2) is 0 Å². The van der Waals surface area contributed by atoms with Gasteiger partial charge in [0, 0.05) is 6.04 Å². The number of carboxylic acids is 1. The van der Waals surface area contributed by atoms with Crippen molar-refractivity contribution in [2.45, 2.75) is 44.2 Å². The first kappa shape index (κ1) is 10.5. The average molecular weight is 186 g/mol. The Bertz CT molecular complexity index is 169. The Hall–Kier alpha value is -0.610. The predicted octanol–water partition coefficient (Wildman–Crippen LogP) is 0.321. The molecule has 0 heterocycles. The molecule has 1 aliphatic rings. The fraction of sp³-hybridized carbons (Fsp3) is 0.889. The quantitative estimate of drug-likeness (QED) is 0.500. The molecule has 0 spiro atoms. The average Bonchev–Trinajstić information content (AvgIpc) is 2.86. The highest BCUT2D eigenvalue weighted by Gasteiger charge is 2.27. The van der Waals surface area contributed by atoms with Crippen LogP contribution in [0.2, 0.25) is 0 Å². The maximum Gasteiger partial charge on any atom is 0.320 e. The molecule has 0 aromatic carbocycles. The smallest absolute Gasteiger partial charge is 0.320 e. The van der Waals surface area contributed by atoms with E-state index in [0.29, 0.717) is 19.0 Å². The second-order valence-electron chi connectivity index (χ2n) is 3.62. The molecule has 0 radical (unpaired) electrons. The van der Waals surface area contributed by atoms with Crippen molar-refractivity contribution in [3.63, 3.8) is 0 Å². The SMILES string of the molecule is NCCCC[C@H](NC1CC1)C(=O)O. The number of nitrogens with one attached hydrogen (secondary N) is 1. The van der Waals surface area contributed by atoms with Crippen molar-refractivity contribution in [2.75, 3.05) is 6.54 Å². The van der Waals surface area contributed by atoms with Crippen molar-refractivity contribution in [1.82, 2.24) is 5.32 Å². The van der Waals surface area contributed by atoms with Crippen molar-refractivity contribution in [2.24, 2.45) is 5.73 Å². The highest BCUT2D eigenvalue weighted by molar-refractivity contribution is 5.73. The summed E-state index contributed by atoms with van der Waals surface area (Å²) in [6.45, 7) is 0.649. The summed E-state index contributed by atoms with van der Waals surface area (Å²) in [7, 11) is 0. The van der Waals surface area contributed by atoms with Gasteiger partial charge in [-0.1, -0.05) is 6.42 Å². The van der Waals surface area contributed by atoms with Crippen molar-refractivity contribution in [3.8, 4) is 0 Å². The Morgan fingerprint density at radius 1 is 1.54 bits per heavy atom. The van der Waals surface area contributed by atoms with Crippen LogP contribution in [0.3, 0.4) is 0 Å². The molecule has 4 heteroatoms. The number of hydrogen-bond acceptors (Lipinski definition) is 3. The first-order valence-corrected chi connectivity index (χ1v) is 4.93. The Kier molecular flexibility index (Phi) is 4.18. The van der Waals surface area contributed by atoms with E-state index in [1.54, 1.807) is 0 Å². The second-order valence-corrected chi connectivity index (χ2v) is 3.62. The number of hydrogen-bond donors (Lipinski definition) is 3. The monoisotopic (exact) mass is 186 g/mol. The van der Waals surface area contributed by atoms with Crippen LogP contribution in [0.4, 0.5) is 0 Å². The first-order valence-electron chi connectivity index (χ1n) is 4.93. The van der Waals surface area contributed by atoms with Crippen LogP contribution in [0.1, 0.15) is 32.1 Å². The molecular weight excluding hydrogens is 168 g/mol. The number of unbranched alkanes of at least 4 members (excludes halogenated alkanes) is 1. The van der Waals surface area contributed by atoms with E-state index in [1.165, 1.54) is 0 Å². The van der Waals surface area contributed by atoms with Crippen LogP contribution in [0, 0.1) is 0 Å². The lowest BCUT2D eigenvalue weighted by atomic mass is 10.1. The van der Waals surface area contributed by atoms with E-state index in [2.05, 4.69) is 5.32 Å². The highest BCUT2D eigenvalue weighted by atomic mass is 16.4. The number of nitrogens with two attached hydrogens (primary N) is 1. The second kappa shape index (κ2) is 5.19. The van der Waals surface area contributed by atoms with Crippen LogP contribution < -0.4 is 11.1 Å². The fourth-order valence-electron chi connectivity index (χ4n) is 1.31.